The SMILES string of the molecule is [C-]#[N+]c1c(C)c(C#N)c(C)c(C#N)c1C. The molecule has 0 saturated carbocycles. The van der Waals surface area contributed by atoms with Crippen molar-refractivity contribution in [3.63, 3.8) is 0 Å². The fourth-order valence-corrected chi connectivity index (χ4v) is 1.71. The Morgan fingerprint density at radius 3 is 1.60 bits per heavy atom. The second kappa shape index (κ2) is 3.82. The third kappa shape index (κ3) is 1.43. The Kier molecular flexibility index (Phi) is 2.75. The van der Waals surface area contributed by atoms with Gasteiger partial charge in [0.2, 0.25) is 0 Å². The minimum atomic E-state index is 0.425. The van der Waals surface area contributed by atoms with Crippen LogP contribution in [0, 0.1) is 50.0 Å². The summed E-state index contributed by atoms with van der Waals surface area (Å²) in [5.74, 6) is 0. The predicted molar refractivity (Wildman–Crippen MR) is 56.3 cm³/mol. The van der Waals surface area contributed by atoms with Gasteiger partial charge < -0.3 is 0 Å². The highest BCUT2D eigenvalue weighted by molar-refractivity contribution is 5.70. The van der Waals surface area contributed by atoms with E-state index in [2.05, 4.69) is 4.85 Å². The summed E-state index contributed by atoms with van der Waals surface area (Å²) in [4.78, 5) is 3.38. The van der Waals surface area contributed by atoms with Crippen molar-refractivity contribution < 1.29 is 0 Å². The molecule has 0 spiro atoms. The maximum absolute atomic E-state index is 8.97. The van der Waals surface area contributed by atoms with Gasteiger partial charge in [-0.05, 0) is 37.5 Å². The number of nitrogens with zero attached hydrogens (tertiary/aromatic N) is 3. The van der Waals surface area contributed by atoms with Crippen LogP contribution in [0.1, 0.15) is 27.8 Å². The summed E-state index contributed by atoms with van der Waals surface area (Å²) < 4.78 is 0. The van der Waals surface area contributed by atoms with Crippen LogP contribution in [-0.4, -0.2) is 0 Å². The molecular weight excluding hydrogens is 186 g/mol. The van der Waals surface area contributed by atoms with Crippen LogP contribution in [0.25, 0.3) is 4.85 Å². The second-order valence-electron chi connectivity index (χ2n) is 3.31. The molecule has 0 aliphatic heterocycles. The summed E-state index contributed by atoms with van der Waals surface area (Å²) in [6.07, 6.45) is 0. The zero-order valence-corrected chi connectivity index (χ0v) is 8.84. The number of hydrogen-bond acceptors (Lipinski definition) is 2. The molecule has 3 heteroatoms. The first-order chi connectivity index (χ1) is 7.08. The normalized spacial score (nSPS) is 8.80. The zero-order valence-electron chi connectivity index (χ0n) is 8.84. The van der Waals surface area contributed by atoms with Gasteiger partial charge in [-0.1, -0.05) is 0 Å². The Hall–Kier alpha value is -2.31. The van der Waals surface area contributed by atoms with E-state index in [1.54, 1.807) is 20.8 Å². The van der Waals surface area contributed by atoms with Gasteiger partial charge in [0.15, 0.2) is 5.69 Å². The maximum Gasteiger partial charge on any atom is 0.195 e. The van der Waals surface area contributed by atoms with Crippen molar-refractivity contribution in [3.8, 4) is 12.1 Å². The summed E-state index contributed by atoms with van der Waals surface area (Å²) >= 11 is 0. The zero-order chi connectivity index (χ0) is 11.6. The van der Waals surface area contributed by atoms with Crippen LogP contribution >= 0.6 is 0 Å². The summed E-state index contributed by atoms with van der Waals surface area (Å²) in [7, 11) is 0. The van der Waals surface area contributed by atoms with Crippen LogP contribution in [0.4, 0.5) is 5.69 Å². The standard InChI is InChI=1S/C12H9N3/c1-7-10(5-13)8(2)12(15-4)9(3)11(7)6-14/h1-3H3. The Balaban J connectivity index is 3.88. The topological polar surface area (TPSA) is 51.9 Å². The molecule has 3 nitrogen and oxygen atoms in total. The minimum Gasteiger partial charge on any atom is -0.238 e. The van der Waals surface area contributed by atoms with Gasteiger partial charge in [-0.3, -0.25) is 0 Å². The highest BCUT2D eigenvalue weighted by Gasteiger charge is 2.16. The quantitative estimate of drug-likeness (QED) is 0.597. The third-order valence-electron chi connectivity index (χ3n) is 2.55. The maximum atomic E-state index is 8.97. The molecular formula is C12H9N3. The monoisotopic (exact) mass is 195 g/mol. The van der Waals surface area contributed by atoms with Crippen molar-refractivity contribution in [3.05, 3.63) is 39.2 Å². The molecule has 0 bridgehead atoms. The fraction of sp³-hybridized carbons (Fsp3) is 0.250. The average molecular weight is 195 g/mol. The van der Waals surface area contributed by atoms with Crippen molar-refractivity contribution in [2.75, 3.05) is 0 Å². The third-order valence-corrected chi connectivity index (χ3v) is 2.55. The van der Waals surface area contributed by atoms with E-state index in [1.165, 1.54) is 0 Å². The van der Waals surface area contributed by atoms with Gasteiger partial charge in [-0.2, -0.15) is 10.5 Å². The molecule has 0 aliphatic rings. The summed E-state index contributed by atoms with van der Waals surface area (Å²) in [5, 5.41) is 17.9. The number of rotatable bonds is 0. The molecule has 0 aromatic heterocycles. The Bertz CT molecular complexity index is 446. The van der Waals surface area contributed by atoms with Crippen LogP contribution in [0.2, 0.25) is 0 Å². The van der Waals surface area contributed by atoms with Crippen LogP contribution < -0.4 is 0 Å². The molecule has 0 heterocycles. The Morgan fingerprint density at radius 1 is 0.933 bits per heavy atom. The van der Waals surface area contributed by atoms with E-state index in [4.69, 9.17) is 17.1 Å². The van der Waals surface area contributed by atoms with Gasteiger partial charge >= 0.3 is 0 Å². The smallest absolute Gasteiger partial charge is 0.195 e. The number of hydrogen-bond donors (Lipinski definition) is 0. The molecule has 1 aromatic carbocycles. The van der Waals surface area contributed by atoms with E-state index in [0.29, 0.717) is 33.5 Å². The lowest BCUT2D eigenvalue weighted by atomic mass is 9.93. The van der Waals surface area contributed by atoms with Crippen LogP contribution in [0.3, 0.4) is 0 Å². The molecule has 0 radical (unpaired) electrons. The van der Waals surface area contributed by atoms with Gasteiger partial charge in [0.05, 0.1) is 18.7 Å². The largest absolute Gasteiger partial charge is 0.238 e. The van der Waals surface area contributed by atoms with Crippen molar-refractivity contribution in [2.45, 2.75) is 20.8 Å². The van der Waals surface area contributed by atoms with E-state index in [0.717, 1.165) is 0 Å². The van der Waals surface area contributed by atoms with Crippen LogP contribution in [0.5, 0.6) is 0 Å². The molecule has 1 rings (SSSR count). The predicted octanol–water partition coefficient (Wildman–Crippen LogP) is 2.91. The molecule has 0 amide bonds. The van der Waals surface area contributed by atoms with Crippen molar-refractivity contribution in [1.82, 2.24) is 0 Å². The summed E-state index contributed by atoms with van der Waals surface area (Å²) in [6.45, 7) is 12.3. The van der Waals surface area contributed by atoms with Crippen LogP contribution in [0.15, 0.2) is 0 Å². The van der Waals surface area contributed by atoms with Gasteiger partial charge in [-0.25, -0.2) is 4.85 Å². The molecule has 1 aromatic rings. The molecule has 15 heavy (non-hydrogen) atoms. The molecule has 0 atom stereocenters. The molecule has 0 fully saturated rings. The minimum absolute atomic E-state index is 0.425. The fourth-order valence-electron chi connectivity index (χ4n) is 1.71. The van der Waals surface area contributed by atoms with E-state index >= 15 is 0 Å². The van der Waals surface area contributed by atoms with E-state index in [9.17, 15) is 0 Å². The highest BCUT2D eigenvalue weighted by Crippen LogP contribution is 2.32. The van der Waals surface area contributed by atoms with Gasteiger partial charge in [-0.15, -0.1) is 0 Å². The van der Waals surface area contributed by atoms with E-state index in [1.807, 2.05) is 12.1 Å². The molecule has 0 saturated heterocycles. The lowest BCUT2D eigenvalue weighted by Crippen LogP contribution is -1.96. The first-order valence-corrected chi connectivity index (χ1v) is 4.39. The summed E-state index contributed by atoms with van der Waals surface area (Å²) in [6, 6.07) is 4.09. The van der Waals surface area contributed by atoms with Crippen molar-refractivity contribution in [2.24, 2.45) is 0 Å². The molecule has 0 aliphatic carbocycles. The van der Waals surface area contributed by atoms with E-state index in [-0.39, 0.29) is 0 Å². The lowest BCUT2D eigenvalue weighted by Gasteiger charge is -2.10. The number of nitriles is 2. The summed E-state index contributed by atoms with van der Waals surface area (Å²) in [5.41, 5.74) is 3.32. The van der Waals surface area contributed by atoms with Crippen LogP contribution in [-0.2, 0) is 0 Å². The second-order valence-corrected chi connectivity index (χ2v) is 3.31. The molecule has 0 N–H and O–H groups in total. The first kappa shape index (κ1) is 10.8. The Labute approximate surface area is 89.0 Å². The van der Waals surface area contributed by atoms with Crippen molar-refractivity contribution in [1.29, 1.82) is 10.5 Å². The molecule has 0 unspecified atom stereocenters. The average Bonchev–Trinajstić information content (AvgIpc) is 2.19. The van der Waals surface area contributed by atoms with Gasteiger partial charge in [0, 0.05) is 11.1 Å². The highest BCUT2D eigenvalue weighted by atomic mass is 14.7. The van der Waals surface area contributed by atoms with Gasteiger partial charge in [0.25, 0.3) is 0 Å². The molecule has 72 valence electrons. The first-order valence-electron chi connectivity index (χ1n) is 4.39. The lowest BCUT2D eigenvalue weighted by molar-refractivity contribution is 1.26. The number of benzene rings is 1. The van der Waals surface area contributed by atoms with Crippen molar-refractivity contribution >= 4 is 5.69 Å². The van der Waals surface area contributed by atoms with Gasteiger partial charge in [0.1, 0.15) is 0 Å². The Morgan fingerprint density at radius 2 is 1.33 bits per heavy atom. The van der Waals surface area contributed by atoms with E-state index < -0.39 is 0 Å².